The quantitative estimate of drug-likeness (QED) is 0.625. The zero-order valence-electron chi connectivity index (χ0n) is 13.1. The number of methoxy groups -OCH3 is 1. The summed E-state index contributed by atoms with van der Waals surface area (Å²) in [6.45, 7) is 2.98. The molecule has 0 fully saturated rings. The largest absolute Gasteiger partial charge is 0.497 e. The second-order valence-corrected chi connectivity index (χ2v) is 5.61. The van der Waals surface area contributed by atoms with Gasteiger partial charge in [0.05, 0.1) is 7.11 Å². The number of aryl methyl sites for hydroxylation is 2. The molecule has 0 amide bonds. The Morgan fingerprint density at radius 1 is 1.14 bits per heavy atom. The van der Waals surface area contributed by atoms with Crippen molar-refractivity contribution < 1.29 is 4.74 Å². The van der Waals surface area contributed by atoms with Crippen molar-refractivity contribution >= 4 is 23.0 Å². The lowest BCUT2D eigenvalue weighted by Gasteiger charge is -2.11. The summed E-state index contributed by atoms with van der Waals surface area (Å²) < 4.78 is 5.13. The van der Waals surface area contributed by atoms with Gasteiger partial charge in [0.25, 0.3) is 0 Å². The monoisotopic (exact) mass is 314 g/mol. The first-order valence-corrected chi connectivity index (χ1v) is 7.82. The van der Waals surface area contributed by atoms with Gasteiger partial charge in [-0.15, -0.1) is 0 Å². The lowest BCUT2D eigenvalue weighted by Crippen LogP contribution is -2.29. The number of thiocarbonyl (C=S) groups is 1. The third-order valence-electron chi connectivity index (χ3n) is 3.36. The van der Waals surface area contributed by atoms with Crippen molar-refractivity contribution in [2.45, 2.75) is 19.8 Å². The fourth-order valence-electron chi connectivity index (χ4n) is 2.21. The Morgan fingerprint density at radius 2 is 1.91 bits per heavy atom. The van der Waals surface area contributed by atoms with Crippen LogP contribution in [0.4, 0.5) is 5.69 Å². The molecule has 0 atom stereocenters. The summed E-state index contributed by atoms with van der Waals surface area (Å²) >= 11 is 5.29. The molecule has 0 saturated carbocycles. The van der Waals surface area contributed by atoms with Crippen molar-refractivity contribution in [2.75, 3.05) is 19.0 Å². The SMILES string of the molecule is COc1ccc(NC(=S)NCCCc2cccc(C)c2)cc1. The molecule has 0 aliphatic heterocycles. The minimum Gasteiger partial charge on any atom is -0.497 e. The molecule has 2 aromatic carbocycles. The van der Waals surface area contributed by atoms with E-state index >= 15 is 0 Å². The Morgan fingerprint density at radius 3 is 2.59 bits per heavy atom. The number of ether oxygens (including phenoxy) is 1. The summed E-state index contributed by atoms with van der Waals surface area (Å²) in [5, 5.41) is 7.05. The third-order valence-corrected chi connectivity index (χ3v) is 3.60. The van der Waals surface area contributed by atoms with Gasteiger partial charge in [0, 0.05) is 12.2 Å². The van der Waals surface area contributed by atoms with Crippen LogP contribution in [0.25, 0.3) is 0 Å². The molecule has 0 aliphatic rings. The highest BCUT2D eigenvalue weighted by atomic mass is 32.1. The second-order valence-electron chi connectivity index (χ2n) is 5.20. The molecular weight excluding hydrogens is 292 g/mol. The Hall–Kier alpha value is -2.07. The minimum atomic E-state index is 0.648. The Labute approximate surface area is 137 Å². The molecule has 0 aromatic heterocycles. The molecule has 116 valence electrons. The molecule has 0 bridgehead atoms. The summed E-state index contributed by atoms with van der Waals surface area (Å²) in [4.78, 5) is 0. The van der Waals surface area contributed by atoms with Crippen molar-refractivity contribution in [3.8, 4) is 5.75 Å². The third kappa shape index (κ3) is 5.37. The predicted molar refractivity (Wildman–Crippen MR) is 96.7 cm³/mol. The van der Waals surface area contributed by atoms with Crippen LogP contribution in [0.1, 0.15) is 17.5 Å². The number of rotatable bonds is 6. The van der Waals surface area contributed by atoms with E-state index in [1.807, 2.05) is 24.3 Å². The highest BCUT2D eigenvalue weighted by Gasteiger charge is 1.99. The standard InChI is InChI=1S/C18H22N2OS/c1-14-5-3-6-15(13-14)7-4-12-19-18(22)20-16-8-10-17(21-2)11-9-16/h3,5-6,8-11,13H,4,7,12H2,1-2H3,(H2,19,20,22). The Kier molecular flexibility index (Phi) is 6.22. The van der Waals surface area contributed by atoms with Gasteiger partial charge in [0.1, 0.15) is 5.75 Å². The second kappa shape index (κ2) is 8.39. The van der Waals surface area contributed by atoms with E-state index in [0.29, 0.717) is 5.11 Å². The van der Waals surface area contributed by atoms with Gasteiger partial charge in [-0.25, -0.2) is 0 Å². The van der Waals surface area contributed by atoms with Crippen molar-refractivity contribution in [1.82, 2.24) is 5.32 Å². The molecule has 0 saturated heterocycles. The maximum absolute atomic E-state index is 5.29. The van der Waals surface area contributed by atoms with Crippen LogP contribution in [-0.2, 0) is 6.42 Å². The Bertz CT molecular complexity index is 611. The molecule has 0 unspecified atom stereocenters. The van der Waals surface area contributed by atoms with E-state index in [-0.39, 0.29) is 0 Å². The number of nitrogens with one attached hydrogen (secondary N) is 2. The summed E-state index contributed by atoms with van der Waals surface area (Å²) in [7, 11) is 1.66. The van der Waals surface area contributed by atoms with Crippen LogP contribution in [0.15, 0.2) is 48.5 Å². The van der Waals surface area contributed by atoms with Crippen LogP contribution in [0, 0.1) is 6.92 Å². The maximum atomic E-state index is 5.29. The molecular formula is C18H22N2OS. The van der Waals surface area contributed by atoms with Crippen molar-refractivity contribution in [3.05, 3.63) is 59.7 Å². The first-order chi connectivity index (χ1) is 10.7. The van der Waals surface area contributed by atoms with Crippen LogP contribution in [0.3, 0.4) is 0 Å². The van der Waals surface area contributed by atoms with Gasteiger partial charge in [-0.05, 0) is 61.8 Å². The summed E-state index contributed by atoms with van der Waals surface area (Å²) in [6.07, 6.45) is 2.10. The van der Waals surface area contributed by atoms with Crippen LogP contribution in [0.5, 0.6) is 5.75 Å². The number of benzene rings is 2. The predicted octanol–water partition coefficient (Wildman–Crippen LogP) is 3.92. The summed E-state index contributed by atoms with van der Waals surface area (Å²) in [6, 6.07) is 16.3. The number of hydrogen-bond donors (Lipinski definition) is 2. The molecule has 2 N–H and O–H groups in total. The average Bonchev–Trinajstić information content (AvgIpc) is 2.52. The highest BCUT2D eigenvalue weighted by molar-refractivity contribution is 7.80. The highest BCUT2D eigenvalue weighted by Crippen LogP contribution is 2.14. The molecule has 0 radical (unpaired) electrons. The van der Waals surface area contributed by atoms with E-state index in [0.717, 1.165) is 30.8 Å². The Balaban J connectivity index is 1.69. The first-order valence-electron chi connectivity index (χ1n) is 7.42. The van der Waals surface area contributed by atoms with Crippen molar-refractivity contribution in [1.29, 1.82) is 0 Å². The van der Waals surface area contributed by atoms with Crippen LogP contribution in [-0.4, -0.2) is 18.8 Å². The van der Waals surface area contributed by atoms with Crippen molar-refractivity contribution in [3.63, 3.8) is 0 Å². The minimum absolute atomic E-state index is 0.648. The van der Waals surface area contributed by atoms with Crippen LogP contribution < -0.4 is 15.4 Å². The van der Waals surface area contributed by atoms with Gasteiger partial charge in [-0.3, -0.25) is 0 Å². The fourth-order valence-corrected chi connectivity index (χ4v) is 2.43. The summed E-state index contributed by atoms with van der Waals surface area (Å²) in [5.41, 5.74) is 3.63. The van der Waals surface area contributed by atoms with Gasteiger partial charge in [-0.1, -0.05) is 29.8 Å². The molecule has 4 heteroatoms. The van der Waals surface area contributed by atoms with E-state index in [2.05, 4.69) is 41.8 Å². The normalized spacial score (nSPS) is 10.1. The van der Waals surface area contributed by atoms with Gasteiger partial charge in [0.15, 0.2) is 5.11 Å². The fraction of sp³-hybridized carbons (Fsp3) is 0.278. The number of anilines is 1. The molecule has 0 spiro atoms. The maximum Gasteiger partial charge on any atom is 0.170 e. The van der Waals surface area contributed by atoms with Crippen LogP contribution in [0.2, 0.25) is 0 Å². The van der Waals surface area contributed by atoms with E-state index < -0.39 is 0 Å². The summed E-state index contributed by atoms with van der Waals surface area (Å²) in [5.74, 6) is 0.836. The lowest BCUT2D eigenvalue weighted by atomic mass is 10.1. The molecule has 0 aliphatic carbocycles. The molecule has 22 heavy (non-hydrogen) atoms. The zero-order valence-corrected chi connectivity index (χ0v) is 13.9. The molecule has 0 heterocycles. The van der Waals surface area contributed by atoms with Gasteiger partial charge in [0.2, 0.25) is 0 Å². The van der Waals surface area contributed by atoms with Crippen LogP contribution >= 0.6 is 12.2 Å². The van der Waals surface area contributed by atoms with Crippen molar-refractivity contribution in [2.24, 2.45) is 0 Å². The van der Waals surface area contributed by atoms with E-state index in [9.17, 15) is 0 Å². The number of hydrogen-bond acceptors (Lipinski definition) is 2. The zero-order chi connectivity index (χ0) is 15.8. The molecule has 2 aromatic rings. The first kappa shape index (κ1) is 16.3. The lowest BCUT2D eigenvalue weighted by molar-refractivity contribution is 0.415. The van der Waals surface area contributed by atoms with Gasteiger partial charge in [-0.2, -0.15) is 0 Å². The van der Waals surface area contributed by atoms with Gasteiger partial charge >= 0.3 is 0 Å². The molecule has 2 rings (SSSR count). The van der Waals surface area contributed by atoms with E-state index in [1.54, 1.807) is 7.11 Å². The smallest absolute Gasteiger partial charge is 0.170 e. The average molecular weight is 314 g/mol. The van der Waals surface area contributed by atoms with Gasteiger partial charge < -0.3 is 15.4 Å². The van der Waals surface area contributed by atoms with E-state index in [1.165, 1.54) is 11.1 Å². The van der Waals surface area contributed by atoms with E-state index in [4.69, 9.17) is 17.0 Å². The molecule has 3 nitrogen and oxygen atoms in total. The topological polar surface area (TPSA) is 33.3 Å².